The average Bonchev–Trinajstić information content (AvgIpc) is 3.11. The molecule has 1 amide bonds. The quantitative estimate of drug-likeness (QED) is 0.500. The summed E-state index contributed by atoms with van der Waals surface area (Å²) >= 11 is 6.08. The minimum Gasteiger partial charge on any atom is -0.495 e. The van der Waals surface area contributed by atoms with E-state index in [0.717, 1.165) is 6.39 Å². The van der Waals surface area contributed by atoms with Crippen molar-refractivity contribution in [3.63, 3.8) is 0 Å². The van der Waals surface area contributed by atoms with Crippen LogP contribution in [0.2, 0.25) is 5.02 Å². The third-order valence-electron chi connectivity index (χ3n) is 3.32. The van der Waals surface area contributed by atoms with Crippen LogP contribution in [0.5, 0.6) is 5.75 Å². The standard InChI is InChI=1S/C17H20ClFN2O5/c1-3-24-6-7-25-9-14(19)21-17(22)15-16(26-10-20-15)11-4-5-13(23-2)12(18)8-11/h4-5,8,10,14H,3,6-7,9H2,1-2H3,(H,21,22)/i19-1. The summed E-state index contributed by atoms with van der Waals surface area (Å²) in [5, 5.41) is 2.52. The summed E-state index contributed by atoms with van der Waals surface area (Å²) in [7, 11) is 1.49. The zero-order valence-electron chi connectivity index (χ0n) is 14.5. The Morgan fingerprint density at radius 2 is 2.15 bits per heavy atom. The molecule has 7 nitrogen and oxygen atoms in total. The molecule has 0 aliphatic rings. The number of hydrogen-bond acceptors (Lipinski definition) is 6. The van der Waals surface area contributed by atoms with Gasteiger partial charge in [0, 0.05) is 12.2 Å². The van der Waals surface area contributed by atoms with Gasteiger partial charge in [-0.05, 0) is 25.1 Å². The van der Waals surface area contributed by atoms with Gasteiger partial charge in [-0.2, -0.15) is 0 Å². The van der Waals surface area contributed by atoms with Crippen LogP contribution in [0, 0.1) is 0 Å². The molecule has 2 aromatic rings. The van der Waals surface area contributed by atoms with Gasteiger partial charge in [0.1, 0.15) is 5.75 Å². The number of halogens is 2. The maximum Gasteiger partial charge on any atom is 0.276 e. The molecule has 0 bridgehead atoms. The lowest BCUT2D eigenvalue weighted by molar-refractivity contribution is 0.0222. The highest BCUT2D eigenvalue weighted by Gasteiger charge is 2.21. The predicted molar refractivity (Wildman–Crippen MR) is 93.2 cm³/mol. The number of benzene rings is 1. The van der Waals surface area contributed by atoms with Crippen molar-refractivity contribution >= 4 is 17.5 Å². The van der Waals surface area contributed by atoms with Crippen molar-refractivity contribution in [1.82, 2.24) is 10.3 Å². The van der Waals surface area contributed by atoms with Gasteiger partial charge < -0.3 is 23.9 Å². The van der Waals surface area contributed by atoms with Gasteiger partial charge in [0.05, 0.1) is 32.0 Å². The number of rotatable bonds is 10. The molecule has 1 heterocycles. The molecule has 1 aromatic heterocycles. The molecule has 2 rings (SSSR count). The van der Waals surface area contributed by atoms with Crippen molar-refractivity contribution in [1.29, 1.82) is 0 Å². The molecule has 9 heteroatoms. The number of ether oxygens (including phenoxy) is 3. The summed E-state index contributed by atoms with van der Waals surface area (Å²) in [5.41, 5.74) is 0.463. The van der Waals surface area contributed by atoms with E-state index in [0.29, 0.717) is 29.5 Å². The average molecular weight is 386 g/mol. The third-order valence-corrected chi connectivity index (χ3v) is 3.62. The lowest BCUT2D eigenvalue weighted by atomic mass is 10.1. The maximum atomic E-state index is 13.9. The Hall–Kier alpha value is -2.16. The molecule has 26 heavy (non-hydrogen) atoms. The Kier molecular flexibility index (Phi) is 7.83. The van der Waals surface area contributed by atoms with Crippen LogP contribution >= 0.6 is 11.6 Å². The molecule has 1 N–H and O–H groups in total. The number of amides is 1. The number of aromatic nitrogens is 1. The number of nitrogens with zero attached hydrogens (tertiary/aromatic N) is 1. The lowest BCUT2D eigenvalue weighted by Gasteiger charge is -2.11. The number of oxazole rings is 1. The van der Waals surface area contributed by atoms with Gasteiger partial charge in [0.2, 0.25) is 0 Å². The van der Waals surface area contributed by atoms with Crippen LogP contribution in [0.3, 0.4) is 0 Å². The van der Waals surface area contributed by atoms with Crippen molar-refractivity contribution in [3.8, 4) is 17.1 Å². The number of alkyl halides is 1. The highest BCUT2D eigenvalue weighted by Crippen LogP contribution is 2.31. The van der Waals surface area contributed by atoms with E-state index in [-0.39, 0.29) is 24.7 Å². The van der Waals surface area contributed by atoms with Gasteiger partial charge in [-0.3, -0.25) is 4.79 Å². The van der Waals surface area contributed by atoms with Crippen molar-refractivity contribution in [2.75, 3.05) is 33.5 Å². The first-order valence-corrected chi connectivity index (χ1v) is 8.32. The van der Waals surface area contributed by atoms with Gasteiger partial charge >= 0.3 is 0 Å². The van der Waals surface area contributed by atoms with E-state index >= 15 is 0 Å². The van der Waals surface area contributed by atoms with Gasteiger partial charge in [-0.15, -0.1) is 0 Å². The molecule has 0 fully saturated rings. The van der Waals surface area contributed by atoms with Gasteiger partial charge in [-0.1, -0.05) is 11.6 Å². The van der Waals surface area contributed by atoms with Crippen LogP contribution in [0.4, 0.5) is 4.39 Å². The summed E-state index contributed by atoms with van der Waals surface area (Å²) in [6.07, 6.45) is -0.582. The minimum absolute atomic E-state index is 0.0526. The Labute approximate surface area is 155 Å². The van der Waals surface area contributed by atoms with Crippen molar-refractivity contribution in [2.24, 2.45) is 0 Å². The second-order valence-electron chi connectivity index (χ2n) is 5.09. The van der Waals surface area contributed by atoms with E-state index in [1.807, 2.05) is 6.92 Å². The molecular weight excluding hydrogens is 366 g/mol. The first kappa shape index (κ1) is 20.2. The summed E-state index contributed by atoms with van der Waals surface area (Å²) in [6.45, 7) is 2.72. The minimum atomic E-state index is -1.69. The Bertz CT molecular complexity index is 725. The molecule has 0 spiro atoms. The van der Waals surface area contributed by atoms with Crippen LogP contribution in [-0.2, 0) is 9.47 Å². The van der Waals surface area contributed by atoms with Gasteiger partial charge in [0.25, 0.3) is 5.91 Å². The highest BCUT2D eigenvalue weighted by molar-refractivity contribution is 6.32. The monoisotopic (exact) mass is 385 g/mol. The second kappa shape index (κ2) is 10.1. The molecule has 0 aliphatic heterocycles. The fourth-order valence-electron chi connectivity index (χ4n) is 2.12. The van der Waals surface area contributed by atoms with Crippen molar-refractivity contribution in [2.45, 2.75) is 13.2 Å². The van der Waals surface area contributed by atoms with Gasteiger partial charge in [-0.25, -0.2) is 9.37 Å². The molecular formula is C17H20ClFN2O5. The lowest BCUT2D eigenvalue weighted by Crippen LogP contribution is -2.35. The maximum absolute atomic E-state index is 13.9. The summed E-state index contributed by atoms with van der Waals surface area (Å²) in [6, 6.07) is 4.86. The Morgan fingerprint density at radius 3 is 2.85 bits per heavy atom. The summed E-state index contributed by atoms with van der Waals surface area (Å²) in [4.78, 5) is 16.1. The fourth-order valence-corrected chi connectivity index (χ4v) is 2.38. The Morgan fingerprint density at radius 1 is 1.38 bits per heavy atom. The first-order chi connectivity index (χ1) is 12.6. The molecule has 1 unspecified atom stereocenters. The van der Waals surface area contributed by atoms with E-state index in [9.17, 15) is 9.18 Å². The number of carbonyl (C=O) groups excluding carboxylic acids is 1. The number of hydrogen-bond donors (Lipinski definition) is 1. The van der Waals surface area contributed by atoms with Crippen LogP contribution < -0.4 is 10.1 Å². The molecule has 0 radical (unpaired) electrons. The number of nitrogens with one attached hydrogen (secondary N) is 1. The number of methoxy groups -OCH3 is 1. The van der Waals surface area contributed by atoms with Crippen LogP contribution in [0.25, 0.3) is 11.3 Å². The zero-order valence-corrected chi connectivity index (χ0v) is 15.2. The SMILES string of the molecule is CCOCCOCC([18F])NC(=O)c1ncoc1-c1ccc(OC)c(Cl)c1. The van der Waals surface area contributed by atoms with Crippen LogP contribution in [0.1, 0.15) is 17.4 Å². The largest absolute Gasteiger partial charge is 0.495 e. The van der Waals surface area contributed by atoms with Crippen molar-refractivity contribution in [3.05, 3.63) is 35.3 Å². The molecule has 142 valence electrons. The third kappa shape index (κ3) is 5.42. The molecule has 1 aromatic carbocycles. The smallest absolute Gasteiger partial charge is 0.276 e. The van der Waals surface area contributed by atoms with E-state index in [4.69, 9.17) is 30.2 Å². The fraction of sp³-hybridized carbons (Fsp3) is 0.412. The van der Waals surface area contributed by atoms with E-state index in [2.05, 4.69) is 10.3 Å². The first-order valence-electron chi connectivity index (χ1n) is 7.94. The highest BCUT2D eigenvalue weighted by atomic mass is 35.5. The normalized spacial score (nSPS) is 12.0. The van der Waals surface area contributed by atoms with Crippen LogP contribution in [0.15, 0.2) is 29.0 Å². The van der Waals surface area contributed by atoms with Crippen molar-refractivity contribution < 1.29 is 27.8 Å². The van der Waals surface area contributed by atoms with E-state index < -0.39 is 12.2 Å². The Balaban J connectivity index is 1.98. The van der Waals surface area contributed by atoms with Gasteiger partial charge in [0.15, 0.2) is 24.1 Å². The summed E-state index contributed by atoms with van der Waals surface area (Å²) < 4.78 is 34.4. The molecule has 0 saturated carbocycles. The molecule has 0 aliphatic carbocycles. The number of carbonyl (C=O) groups is 1. The molecule has 1 atom stereocenters. The zero-order chi connectivity index (χ0) is 18.9. The summed E-state index contributed by atoms with van der Waals surface area (Å²) in [5.74, 6) is -0.0629. The topological polar surface area (TPSA) is 82.8 Å². The second-order valence-corrected chi connectivity index (χ2v) is 5.50. The van der Waals surface area contributed by atoms with E-state index in [1.165, 1.54) is 7.11 Å². The van der Waals surface area contributed by atoms with E-state index in [1.54, 1.807) is 18.2 Å². The molecule has 0 saturated heterocycles. The van der Waals surface area contributed by atoms with Crippen LogP contribution in [-0.4, -0.2) is 50.7 Å². The predicted octanol–water partition coefficient (Wildman–Crippen LogP) is 3.08.